The predicted molar refractivity (Wildman–Crippen MR) is 133 cm³/mol. The third kappa shape index (κ3) is 9.28. The summed E-state index contributed by atoms with van der Waals surface area (Å²) in [5, 5.41) is 26.1. The topological polar surface area (TPSA) is 64.5 Å². The second-order valence-electron chi connectivity index (χ2n) is 6.99. The Balaban J connectivity index is 1.39. The highest BCUT2D eigenvalue weighted by Gasteiger charge is 2.00. The first-order chi connectivity index (χ1) is 13.6. The molecule has 2 rings (SSSR count). The summed E-state index contributed by atoms with van der Waals surface area (Å²) in [5.74, 6) is 0.726. The van der Waals surface area contributed by atoms with Crippen LogP contribution in [0.15, 0.2) is 36.4 Å². The van der Waals surface area contributed by atoms with E-state index in [1.165, 1.54) is 36.8 Å². The van der Waals surface area contributed by atoms with E-state index in [2.05, 4.69) is 55.8 Å². The van der Waals surface area contributed by atoms with Crippen molar-refractivity contribution in [1.29, 1.82) is 0 Å². The summed E-state index contributed by atoms with van der Waals surface area (Å²) in [6, 6.07) is 11.6. The van der Waals surface area contributed by atoms with Crippen LogP contribution in [0.2, 0.25) is 0 Å². The van der Waals surface area contributed by atoms with Crippen LogP contribution in [0, 0.1) is 7.14 Å². The maximum absolute atomic E-state index is 9.54. The van der Waals surface area contributed by atoms with Crippen molar-refractivity contribution in [3.63, 3.8) is 0 Å². The minimum Gasteiger partial charge on any atom is -0.507 e. The van der Waals surface area contributed by atoms with Crippen LogP contribution in [0.1, 0.15) is 36.8 Å². The standard InChI is InChI=1S/C22H30I2N2O2/c23-19-15-17(5-7-21(19)27)9-13-25-11-3-1-2-4-12-26-14-10-18-6-8-22(28)20(24)16-18/h5-8,15-16,25-28H,1-4,9-14H2. The van der Waals surface area contributed by atoms with Crippen molar-refractivity contribution in [2.45, 2.75) is 38.5 Å². The molecule has 154 valence electrons. The molecule has 4 N–H and O–H groups in total. The molecule has 0 spiro atoms. The number of phenols is 2. The predicted octanol–water partition coefficient (Wildman–Crippen LogP) is 4.83. The molecule has 6 heteroatoms. The van der Waals surface area contributed by atoms with Gasteiger partial charge in [-0.1, -0.05) is 25.0 Å². The van der Waals surface area contributed by atoms with Gasteiger partial charge in [-0.25, -0.2) is 0 Å². The van der Waals surface area contributed by atoms with Crippen LogP contribution >= 0.6 is 45.2 Å². The van der Waals surface area contributed by atoms with E-state index in [1.807, 2.05) is 24.3 Å². The Bertz CT molecular complexity index is 664. The van der Waals surface area contributed by atoms with Gasteiger partial charge in [0.25, 0.3) is 0 Å². The summed E-state index contributed by atoms with van der Waals surface area (Å²) in [7, 11) is 0. The van der Waals surface area contributed by atoms with Crippen molar-refractivity contribution in [3.05, 3.63) is 54.7 Å². The number of nitrogens with one attached hydrogen (secondary N) is 2. The van der Waals surface area contributed by atoms with Crippen molar-refractivity contribution in [1.82, 2.24) is 10.6 Å². The van der Waals surface area contributed by atoms with Gasteiger partial charge in [0, 0.05) is 0 Å². The summed E-state index contributed by atoms with van der Waals surface area (Å²) in [4.78, 5) is 0. The van der Waals surface area contributed by atoms with Gasteiger partial charge < -0.3 is 20.8 Å². The van der Waals surface area contributed by atoms with E-state index in [-0.39, 0.29) is 0 Å². The van der Waals surface area contributed by atoms with E-state index in [4.69, 9.17) is 0 Å². The quantitative estimate of drug-likeness (QED) is 0.195. The largest absolute Gasteiger partial charge is 0.507 e. The average molecular weight is 608 g/mol. The van der Waals surface area contributed by atoms with Crippen LogP contribution in [0.5, 0.6) is 11.5 Å². The van der Waals surface area contributed by atoms with Gasteiger partial charge in [-0.15, -0.1) is 0 Å². The maximum Gasteiger partial charge on any atom is 0.128 e. The third-order valence-electron chi connectivity index (χ3n) is 4.66. The lowest BCUT2D eigenvalue weighted by Crippen LogP contribution is -2.19. The molecule has 0 aliphatic carbocycles. The summed E-state index contributed by atoms with van der Waals surface area (Å²) >= 11 is 4.33. The molecule has 0 heterocycles. The summed E-state index contributed by atoms with van der Waals surface area (Å²) in [6.07, 6.45) is 6.97. The van der Waals surface area contributed by atoms with E-state index in [9.17, 15) is 10.2 Å². The first kappa shape index (κ1) is 23.7. The SMILES string of the molecule is Oc1ccc(CCNCCCCCCNCCc2ccc(O)c(I)c2)cc1I. The fraction of sp³-hybridized carbons (Fsp3) is 0.455. The van der Waals surface area contributed by atoms with Gasteiger partial charge in [-0.2, -0.15) is 0 Å². The monoisotopic (exact) mass is 608 g/mol. The van der Waals surface area contributed by atoms with Gasteiger partial charge in [0.1, 0.15) is 11.5 Å². The van der Waals surface area contributed by atoms with E-state index < -0.39 is 0 Å². The van der Waals surface area contributed by atoms with E-state index in [1.54, 1.807) is 12.1 Å². The molecule has 0 saturated heterocycles. The molecule has 2 aromatic carbocycles. The second kappa shape index (κ2) is 13.6. The van der Waals surface area contributed by atoms with Gasteiger partial charge >= 0.3 is 0 Å². The Morgan fingerprint density at radius 3 is 1.43 bits per heavy atom. The number of hydrogen-bond acceptors (Lipinski definition) is 4. The summed E-state index contributed by atoms with van der Waals surface area (Å²) in [5.41, 5.74) is 2.53. The number of rotatable bonds is 13. The Hall–Kier alpha value is -0.580. The molecular formula is C22H30I2N2O2. The van der Waals surface area contributed by atoms with Gasteiger partial charge in [0.15, 0.2) is 0 Å². The second-order valence-corrected chi connectivity index (χ2v) is 9.31. The number of benzene rings is 2. The number of hydrogen-bond donors (Lipinski definition) is 4. The molecule has 0 aliphatic rings. The van der Waals surface area contributed by atoms with Crippen LogP contribution in [0.25, 0.3) is 0 Å². The Labute approximate surface area is 195 Å². The van der Waals surface area contributed by atoms with Crippen molar-refractivity contribution in [2.24, 2.45) is 0 Å². The maximum atomic E-state index is 9.54. The van der Waals surface area contributed by atoms with Gasteiger partial charge in [-0.3, -0.25) is 0 Å². The third-order valence-corrected chi connectivity index (χ3v) is 6.39. The highest BCUT2D eigenvalue weighted by atomic mass is 127. The van der Waals surface area contributed by atoms with Gasteiger partial charge in [0.05, 0.1) is 7.14 Å². The van der Waals surface area contributed by atoms with Crippen LogP contribution in [-0.2, 0) is 12.8 Å². The lowest BCUT2D eigenvalue weighted by molar-refractivity contribution is 0.470. The molecule has 28 heavy (non-hydrogen) atoms. The fourth-order valence-electron chi connectivity index (χ4n) is 2.98. The lowest BCUT2D eigenvalue weighted by Gasteiger charge is -2.07. The number of unbranched alkanes of at least 4 members (excludes halogenated alkanes) is 3. The zero-order valence-electron chi connectivity index (χ0n) is 16.2. The van der Waals surface area contributed by atoms with Crippen molar-refractivity contribution in [3.8, 4) is 11.5 Å². The zero-order valence-corrected chi connectivity index (χ0v) is 20.5. The molecule has 0 unspecified atom stereocenters. The van der Waals surface area contributed by atoms with Crippen molar-refractivity contribution in [2.75, 3.05) is 26.2 Å². The normalized spacial score (nSPS) is 11.1. The molecule has 4 nitrogen and oxygen atoms in total. The highest BCUT2D eigenvalue weighted by molar-refractivity contribution is 14.1. The van der Waals surface area contributed by atoms with Crippen molar-refractivity contribution < 1.29 is 10.2 Å². The Morgan fingerprint density at radius 1 is 0.607 bits per heavy atom. The number of phenolic OH excluding ortho intramolecular Hbond substituents is 2. The molecule has 0 fully saturated rings. The van der Waals surface area contributed by atoms with E-state index >= 15 is 0 Å². The smallest absolute Gasteiger partial charge is 0.128 e. The molecule has 0 saturated carbocycles. The molecular weight excluding hydrogens is 578 g/mol. The molecule has 0 aliphatic heterocycles. The molecule has 0 bridgehead atoms. The lowest BCUT2D eigenvalue weighted by atomic mass is 10.1. The minimum absolute atomic E-state index is 0.363. The first-order valence-electron chi connectivity index (χ1n) is 9.92. The van der Waals surface area contributed by atoms with Gasteiger partial charge in [-0.05, 0) is 132 Å². The van der Waals surface area contributed by atoms with Crippen LogP contribution in [0.3, 0.4) is 0 Å². The Kier molecular flexibility index (Phi) is 11.5. The zero-order chi connectivity index (χ0) is 20.2. The molecule has 0 aromatic heterocycles. The fourth-order valence-corrected chi connectivity index (χ4v) is 4.14. The number of aromatic hydroxyl groups is 2. The minimum atomic E-state index is 0.363. The van der Waals surface area contributed by atoms with E-state index in [0.717, 1.165) is 46.2 Å². The van der Waals surface area contributed by atoms with Crippen LogP contribution < -0.4 is 10.6 Å². The van der Waals surface area contributed by atoms with Crippen LogP contribution in [-0.4, -0.2) is 36.4 Å². The Morgan fingerprint density at radius 2 is 1.04 bits per heavy atom. The molecule has 0 radical (unpaired) electrons. The van der Waals surface area contributed by atoms with E-state index in [0.29, 0.717) is 11.5 Å². The summed E-state index contributed by atoms with van der Waals surface area (Å²) in [6.45, 7) is 4.11. The highest BCUT2D eigenvalue weighted by Crippen LogP contribution is 2.21. The number of halogens is 2. The first-order valence-corrected chi connectivity index (χ1v) is 12.1. The van der Waals surface area contributed by atoms with Gasteiger partial charge in [0.2, 0.25) is 0 Å². The molecule has 0 atom stereocenters. The summed E-state index contributed by atoms with van der Waals surface area (Å²) < 4.78 is 1.84. The average Bonchev–Trinajstić information content (AvgIpc) is 2.68. The van der Waals surface area contributed by atoms with Crippen molar-refractivity contribution >= 4 is 45.2 Å². The molecule has 2 aromatic rings. The molecule has 0 amide bonds. The van der Waals surface area contributed by atoms with Crippen LogP contribution in [0.4, 0.5) is 0 Å².